The molecular formula is C24H21N3O3S. The minimum absolute atomic E-state index is 0.0589. The lowest BCUT2D eigenvalue weighted by Gasteiger charge is -2.09. The number of rotatable bonds is 6. The monoisotopic (exact) mass is 431 g/mol. The number of carbonyl (C=O) groups is 1. The van der Waals surface area contributed by atoms with Crippen LogP contribution in [0.2, 0.25) is 0 Å². The van der Waals surface area contributed by atoms with E-state index in [0.717, 1.165) is 35.9 Å². The molecule has 2 aromatic carbocycles. The number of imidazole rings is 1. The number of nitrogens with zero attached hydrogens (tertiary/aromatic N) is 3. The highest BCUT2D eigenvalue weighted by Gasteiger charge is 2.25. The summed E-state index contributed by atoms with van der Waals surface area (Å²) in [4.78, 5) is 21.1. The van der Waals surface area contributed by atoms with Gasteiger partial charge in [0.25, 0.3) is 0 Å². The molecule has 1 aliphatic carbocycles. The van der Waals surface area contributed by atoms with Crippen molar-refractivity contribution in [2.24, 2.45) is 5.92 Å². The third-order valence-corrected chi connectivity index (χ3v) is 6.53. The summed E-state index contributed by atoms with van der Waals surface area (Å²) in [5, 5.41) is -0.0589. The predicted molar refractivity (Wildman–Crippen MR) is 119 cm³/mol. The van der Waals surface area contributed by atoms with Gasteiger partial charge in [-0.1, -0.05) is 54.6 Å². The summed E-state index contributed by atoms with van der Waals surface area (Å²) in [6.45, 7) is 0. The van der Waals surface area contributed by atoms with Crippen molar-refractivity contribution in [3.63, 3.8) is 0 Å². The first-order chi connectivity index (χ1) is 14.9. The number of ketones is 1. The molecule has 0 amide bonds. The molecule has 0 radical (unpaired) electrons. The molecule has 1 fully saturated rings. The van der Waals surface area contributed by atoms with Crippen molar-refractivity contribution < 1.29 is 13.2 Å². The van der Waals surface area contributed by atoms with Crippen LogP contribution >= 0.6 is 0 Å². The van der Waals surface area contributed by atoms with Crippen molar-refractivity contribution in [3.8, 4) is 22.5 Å². The number of fused-ring (bicyclic) bond motifs is 1. The standard InChI is InChI=1S/C24H21N3O3S/c1-31(29,30)24-23-25-14-21(27(23)15-20(26-24)17-5-3-2-4-6-17)18-9-11-19(12-10-18)22(28)13-16-7-8-16/h2-6,9-12,14-16H,7-8,13H2,1H3. The van der Waals surface area contributed by atoms with Crippen LogP contribution in [-0.2, 0) is 9.84 Å². The first kappa shape index (κ1) is 19.6. The number of carbonyl (C=O) groups excluding carboxylic acids is 1. The number of hydrogen-bond donors (Lipinski definition) is 0. The maximum absolute atomic E-state index is 12.4. The van der Waals surface area contributed by atoms with Gasteiger partial charge < -0.3 is 0 Å². The van der Waals surface area contributed by atoms with E-state index in [2.05, 4.69) is 9.97 Å². The van der Waals surface area contributed by atoms with Crippen molar-refractivity contribution in [2.45, 2.75) is 24.3 Å². The normalized spacial score (nSPS) is 14.1. The Labute approximate surface area is 180 Å². The lowest BCUT2D eigenvalue weighted by atomic mass is 10.0. The molecule has 1 aliphatic rings. The summed E-state index contributed by atoms with van der Waals surface area (Å²) >= 11 is 0. The van der Waals surface area contributed by atoms with Gasteiger partial charge >= 0.3 is 0 Å². The molecular weight excluding hydrogens is 410 g/mol. The Morgan fingerprint density at radius 3 is 2.39 bits per heavy atom. The van der Waals surface area contributed by atoms with Crippen LogP contribution in [0.3, 0.4) is 0 Å². The lowest BCUT2D eigenvalue weighted by molar-refractivity contribution is 0.0976. The van der Waals surface area contributed by atoms with E-state index in [0.29, 0.717) is 23.6 Å². The number of benzene rings is 2. The molecule has 0 bridgehead atoms. The largest absolute Gasteiger partial charge is 0.295 e. The fourth-order valence-electron chi connectivity index (χ4n) is 3.70. The van der Waals surface area contributed by atoms with E-state index in [9.17, 15) is 13.2 Å². The number of hydrogen-bond acceptors (Lipinski definition) is 5. The first-order valence-corrected chi connectivity index (χ1v) is 12.1. The molecule has 2 heterocycles. The average Bonchev–Trinajstić information content (AvgIpc) is 3.48. The zero-order valence-corrected chi connectivity index (χ0v) is 17.8. The van der Waals surface area contributed by atoms with E-state index in [1.165, 1.54) is 0 Å². The van der Waals surface area contributed by atoms with Crippen molar-refractivity contribution in [1.82, 2.24) is 14.4 Å². The second-order valence-electron chi connectivity index (χ2n) is 8.05. The van der Waals surface area contributed by atoms with Crippen LogP contribution in [0.15, 0.2) is 72.0 Å². The highest BCUT2D eigenvalue weighted by Crippen LogP contribution is 2.34. The van der Waals surface area contributed by atoms with Crippen molar-refractivity contribution in [2.75, 3.05) is 6.26 Å². The van der Waals surface area contributed by atoms with Gasteiger partial charge in [-0.3, -0.25) is 9.20 Å². The van der Waals surface area contributed by atoms with Gasteiger partial charge in [0.1, 0.15) is 0 Å². The fourth-order valence-corrected chi connectivity index (χ4v) is 4.45. The van der Waals surface area contributed by atoms with Crippen LogP contribution in [0.25, 0.3) is 28.2 Å². The van der Waals surface area contributed by atoms with E-state index in [-0.39, 0.29) is 16.5 Å². The third kappa shape index (κ3) is 3.88. The smallest absolute Gasteiger partial charge is 0.199 e. The topological polar surface area (TPSA) is 81.4 Å². The quantitative estimate of drug-likeness (QED) is 0.421. The summed E-state index contributed by atoms with van der Waals surface area (Å²) in [5.41, 5.74) is 3.93. The molecule has 0 aliphatic heterocycles. The van der Waals surface area contributed by atoms with Gasteiger partial charge in [0.05, 0.1) is 17.6 Å². The van der Waals surface area contributed by atoms with E-state index >= 15 is 0 Å². The van der Waals surface area contributed by atoms with Gasteiger partial charge in [-0.25, -0.2) is 18.4 Å². The summed E-state index contributed by atoms with van der Waals surface area (Å²) in [6.07, 6.45) is 7.48. The Kier molecular flexibility index (Phi) is 4.70. The van der Waals surface area contributed by atoms with Gasteiger partial charge in [0, 0.05) is 35.6 Å². The molecule has 5 rings (SSSR count). The summed E-state index contributed by atoms with van der Waals surface area (Å²) < 4.78 is 26.6. The molecule has 7 heteroatoms. The van der Waals surface area contributed by atoms with Crippen molar-refractivity contribution >= 4 is 21.3 Å². The molecule has 0 N–H and O–H groups in total. The Bertz CT molecular complexity index is 1390. The zero-order valence-electron chi connectivity index (χ0n) is 17.0. The molecule has 1 saturated carbocycles. The number of Topliss-reactive ketones (excluding diaryl/α,β-unsaturated/α-hetero) is 1. The molecule has 156 valence electrons. The summed E-state index contributed by atoms with van der Waals surface area (Å²) in [5.74, 6) is 0.714. The first-order valence-electron chi connectivity index (χ1n) is 10.2. The van der Waals surface area contributed by atoms with E-state index < -0.39 is 9.84 Å². The minimum Gasteiger partial charge on any atom is -0.295 e. The molecule has 4 aromatic rings. The highest BCUT2D eigenvalue weighted by molar-refractivity contribution is 7.90. The van der Waals surface area contributed by atoms with Crippen LogP contribution < -0.4 is 0 Å². The molecule has 0 saturated heterocycles. The molecule has 31 heavy (non-hydrogen) atoms. The SMILES string of the molecule is CS(=O)(=O)c1nc(-c2ccccc2)cn2c(-c3ccc(C(=O)CC4CC4)cc3)cnc12. The van der Waals surface area contributed by atoms with Crippen LogP contribution in [0.1, 0.15) is 29.6 Å². The zero-order chi connectivity index (χ0) is 21.6. The maximum atomic E-state index is 12.4. The van der Waals surface area contributed by atoms with Crippen LogP contribution in [0.5, 0.6) is 0 Å². The Morgan fingerprint density at radius 1 is 1.03 bits per heavy atom. The predicted octanol–water partition coefficient (Wildman–Crippen LogP) is 4.45. The Morgan fingerprint density at radius 2 is 1.74 bits per heavy atom. The van der Waals surface area contributed by atoms with Gasteiger partial charge in [-0.05, 0) is 18.8 Å². The summed E-state index contributed by atoms with van der Waals surface area (Å²) in [6, 6.07) is 16.9. The van der Waals surface area contributed by atoms with Crippen LogP contribution in [-0.4, -0.2) is 34.8 Å². The van der Waals surface area contributed by atoms with Gasteiger partial charge in [0.2, 0.25) is 0 Å². The molecule has 0 spiro atoms. The summed E-state index contributed by atoms with van der Waals surface area (Å²) in [7, 11) is -3.59. The van der Waals surface area contributed by atoms with Crippen molar-refractivity contribution in [1.29, 1.82) is 0 Å². The van der Waals surface area contributed by atoms with Gasteiger partial charge in [-0.2, -0.15) is 0 Å². The molecule has 2 aromatic heterocycles. The Balaban J connectivity index is 1.62. The number of aromatic nitrogens is 3. The Hall–Kier alpha value is -3.32. The van der Waals surface area contributed by atoms with E-state index in [1.807, 2.05) is 54.6 Å². The second kappa shape index (κ2) is 7.42. The fraction of sp³-hybridized carbons (Fsp3) is 0.208. The maximum Gasteiger partial charge on any atom is 0.199 e. The average molecular weight is 432 g/mol. The molecule has 0 atom stereocenters. The molecule has 6 nitrogen and oxygen atoms in total. The molecule has 0 unspecified atom stereocenters. The lowest BCUT2D eigenvalue weighted by Crippen LogP contribution is -2.06. The van der Waals surface area contributed by atoms with Crippen molar-refractivity contribution in [3.05, 3.63) is 72.6 Å². The van der Waals surface area contributed by atoms with Gasteiger partial charge in [0.15, 0.2) is 26.3 Å². The highest BCUT2D eigenvalue weighted by atomic mass is 32.2. The minimum atomic E-state index is -3.59. The number of sulfone groups is 1. The van der Waals surface area contributed by atoms with Crippen LogP contribution in [0, 0.1) is 5.92 Å². The second-order valence-corrected chi connectivity index (χ2v) is 9.99. The van der Waals surface area contributed by atoms with E-state index in [4.69, 9.17) is 0 Å². The van der Waals surface area contributed by atoms with Crippen LogP contribution in [0.4, 0.5) is 0 Å². The third-order valence-electron chi connectivity index (χ3n) is 5.56. The van der Waals surface area contributed by atoms with E-state index in [1.54, 1.807) is 16.8 Å². The van der Waals surface area contributed by atoms with Gasteiger partial charge in [-0.15, -0.1) is 0 Å².